The van der Waals surface area contributed by atoms with E-state index >= 15 is 0 Å². The zero-order valence-corrected chi connectivity index (χ0v) is 6.57. The summed E-state index contributed by atoms with van der Waals surface area (Å²) in [6.45, 7) is 2.10. The molecular weight excluding hydrogens is 141 g/mol. The molecule has 1 fully saturated rings. The lowest BCUT2D eigenvalue weighted by Gasteiger charge is -2.29. The van der Waals surface area contributed by atoms with E-state index in [1.807, 2.05) is 4.81 Å². The number of rotatable bonds is 3. The Morgan fingerprint density at radius 2 is 2.18 bits per heavy atom. The van der Waals surface area contributed by atoms with Gasteiger partial charge >= 0.3 is 0 Å². The second kappa shape index (κ2) is 4.52. The maximum absolute atomic E-state index is 10.1. The van der Waals surface area contributed by atoms with Crippen LogP contribution in [0, 0.1) is 5.92 Å². The largest absolute Gasteiger partial charge is 0.396 e. The van der Waals surface area contributed by atoms with E-state index in [9.17, 15) is 4.79 Å². The lowest BCUT2D eigenvalue weighted by atomic mass is 9.87. The van der Waals surface area contributed by atoms with E-state index in [-0.39, 0.29) is 6.61 Å². The molecule has 0 aromatic heterocycles. The Morgan fingerprint density at radius 1 is 1.55 bits per heavy atom. The van der Waals surface area contributed by atoms with Gasteiger partial charge in [0.2, 0.25) is 0 Å². The highest BCUT2D eigenvalue weighted by atomic mass is 16.3. The molecule has 0 aromatic carbocycles. The summed E-state index contributed by atoms with van der Waals surface area (Å²) in [6.07, 6.45) is 2.82. The number of carbonyl (C=O) groups is 1. The highest BCUT2D eigenvalue weighted by Crippen LogP contribution is 2.14. The Bertz CT molecular complexity index is 124. The van der Waals surface area contributed by atoms with Crippen molar-refractivity contribution in [2.24, 2.45) is 5.92 Å². The van der Waals surface area contributed by atoms with Gasteiger partial charge in [-0.15, -0.1) is 0 Å². The van der Waals surface area contributed by atoms with Gasteiger partial charge in [-0.05, 0) is 31.8 Å². The number of piperidine rings is 1. The fourth-order valence-corrected chi connectivity index (χ4v) is 1.37. The van der Waals surface area contributed by atoms with Crippen LogP contribution in [-0.4, -0.2) is 43.2 Å². The van der Waals surface area contributed by atoms with Gasteiger partial charge in [-0.25, -0.2) is 0 Å². The number of hydrogen-bond acceptors (Lipinski definition) is 3. The van der Waals surface area contributed by atoms with E-state index in [0.717, 1.165) is 32.1 Å². The predicted molar refractivity (Wildman–Crippen MR) is 43.9 cm³/mol. The van der Waals surface area contributed by atoms with Crippen molar-refractivity contribution in [3.05, 3.63) is 0 Å². The first kappa shape index (κ1) is 8.75. The van der Waals surface area contributed by atoms with E-state index in [2.05, 4.69) is 0 Å². The molecule has 61 valence electrons. The highest BCUT2D eigenvalue weighted by Gasteiger charge is 2.17. The third kappa shape index (κ3) is 2.63. The first-order chi connectivity index (χ1) is 5.36. The van der Waals surface area contributed by atoms with E-state index in [4.69, 9.17) is 5.11 Å². The monoisotopic (exact) mass is 154 g/mol. The van der Waals surface area contributed by atoms with Crippen LogP contribution in [0.5, 0.6) is 0 Å². The van der Waals surface area contributed by atoms with Crippen molar-refractivity contribution in [1.29, 1.82) is 0 Å². The minimum Gasteiger partial charge on any atom is -0.396 e. The van der Waals surface area contributed by atoms with Crippen molar-refractivity contribution in [1.82, 2.24) is 4.81 Å². The molecule has 1 heterocycles. The average Bonchev–Trinajstić information content (AvgIpc) is 2.07. The van der Waals surface area contributed by atoms with Gasteiger partial charge in [0, 0.05) is 6.61 Å². The Labute approximate surface area is 67.6 Å². The molecule has 11 heavy (non-hydrogen) atoms. The number of carbonyl (C=O) groups excluding carboxylic acids is 1. The molecule has 1 rings (SSSR count). The summed E-state index contributed by atoms with van der Waals surface area (Å²) in [7, 11) is 1.58. The van der Waals surface area contributed by atoms with Crippen molar-refractivity contribution in [3.8, 4) is 0 Å². The molecule has 0 atom stereocenters. The Morgan fingerprint density at radius 3 is 2.64 bits per heavy atom. The molecule has 1 radical (unpaired) electrons. The molecule has 1 aliphatic rings. The zero-order valence-electron chi connectivity index (χ0n) is 6.57. The maximum atomic E-state index is 10.1. The van der Waals surface area contributed by atoms with Gasteiger partial charge in [0.15, 0.2) is 0 Å². The molecule has 0 aromatic rings. The molecule has 0 amide bonds. The van der Waals surface area contributed by atoms with Crippen molar-refractivity contribution in [2.45, 2.75) is 12.8 Å². The first-order valence-corrected chi connectivity index (χ1v) is 4.00. The average molecular weight is 154 g/mol. The summed E-state index contributed by atoms with van der Waals surface area (Å²) in [5.41, 5.74) is 0. The van der Waals surface area contributed by atoms with E-state index < -0.39 is 0 Å². The van der Waals surface area contributed by atoms with Gasteiger partial charge in [0.05, 0.1) is 6.19 Å². The van der Waals surface area contributed by atoms with Crippen molar-refractivity contribution < 1.29 is 9.90 Å². The smallest absolute Gasteiger partial charge is 0.293 e. The van der Waals surface area contributed by atoms with Gasteiger partial charge < -0.3 is 14.7 Å². The van der Waals surface area contributed by atoms with Gasteiger partial charge in [-0.2, -0.15) is 0 Å². The van der Waals surface area contributed by atoms with Crippen LogP contribution in [0.4, 0.5) is 0 Å². The molecule has 1 aliphatic heterocycles. The van der Waals surface area contributed by atoms with E-state index in [0.29, 0.717) is 5.92 Å². The number of aliphatic hydroxyl groups is 1. The Balaban J connectivity index is 2.18. The van der Waals surface area contributed by atoms with Crippen molar-refractivity contribution in [3.63, 3.8) is 0 Å². The normalized spacial score (nSPS) is 21.5. The van der Waals surface area contributed by atoms with Gasteiger partial charge in [0.25, 0.3) is 7.41 Å². The second-order valence-electron chi connectivity index (χ2n) is 2.95. The summed E-state index contributed by atoms with van der Waals surface area (Å²) in [5.74, 6) is 0.450. The van der Waals surface area contributed by atoms with Crippen LogP contribution in [0.3, 0.4) is 0 Å². The molecule has 0 aliphatic carbocycles. The Hall–Kier alpha value is -0.345. The quantitative estimate of drug-likeness (QED) is 0.440. The summed E-state index contributed by atoms with van der Waals surface area (Å²) in [6, 6.07) is 0. The van der Waals surface area contributed by atoms with Crippen LogP contribution < -0.4 is 0 Å². The van der Waals surface area contributed by atoms with Crippen molar-refractivity contribution >= 4 is 13.6 Å². The second-order valence-corrected chi connectivity index (χ2v) is 2.95. The molecule has 1 N–H and O–H groups in total. The molecule has 4 heteroatoms. The molecule has 0 saturated carbocycles. The molecule has 0 spiro atoms. The molecule has 0 unspecified atom stereocenters. The number of nitrogens with zero attached hydrogens (tertiary/aromatic N) is 1. The van der Waals surface area contributed by atoms with E-state index in [1.54, 1.807) is 7.41 Å². The van der Waals surface area contributed by atoms with Crippen LogP contribution >= 0.6 is 0 Å². The lowest BCUT2D eigenvalue weighted by Crippen LogP contribution is -2.37. The predicted octanol–water partition coefficient (Wildman–Crippen LogP) is -0.500. The molecular formula is C7H13BNO2. The first-order valence-electron chi connectivity index (χ1n) is 4.00. The van der Waals surface area contributed by atoms with Gasteiger partial charge in [-0.3, -0.25) is 0 Å². The van der Waals surface area contributed by atoms with E-state index in [1.165, 1.54) is 0 Å². The Kier molecular flexibility index (Phi) is 3.59. The fourth-order valence-electron chi connectivity index (χ4n) is 1.37. The van der Waals surface area contributed by atoms with Crippen LogP contribution in [0.2, 0.25) is 0 Å². The molecule has 0 bridgehead atoms. The van der Waals surface area contributed by atoms with Crippen LogP contribution in [0.25, 0.3) is 0 Å². The van der Waals surface area contributed by atoms with Crippen LogP contribution in [-0.2, 0) is 4.79 Å². The van der Waals surface area contributed by atoms with Crippen LogP contribution in [0.15, 0.2) is 0 Å². The minimum atomic E-state index is 0.287. The minimum absolute atomic E-state index is 0.287. The molecule has 1 saturated heterocycles. The number of aliphatic hydroxyl groups excluding tert-OH is 1. The zero-order chi connectivity index (χ0) is 8.10. The SMILES string of the molecule is O=C[B]N1CCC(CO)CC1. The number of hydrogen-bond donors (Lipinski definition) is 1. The fraction of sp³-hybridized carbons (Fsp3) is 0.857. The third-order valence-electron chi connectivity index (χ3n) is 2.18. The standard InChI is InChI=1S/C7H13BNO2/c10-5-7-1-3-9(4-2-7)8-6-11/h6-7,10H,1-5H2. The van der Waals surface area contributed by atoms with Gasteiger partial charge in [-0.1, -0.05) is 0 Å². The van der Waals surface area contributed by atoms with Crippen molar-refractivity contribution in [2.75, 3.05) is 19.7 Å². The topological polar surface area (TPSA) is 40.5 Å². The maximum Gasteiger partial charge on any atom is 0.293 e. The van der Waals surface area contributed by atoms with Crippen LogP contribution in [0.1, 0.15) is 12.8 Å². The summed E-state index contributed by atoms with van der Waals surface area (Å²) in [4.78, 5) is 12.1. The highest BCUT2D eigenvalue weighted by molar-refractivity contribution is 6.64. The summed E-state index contributed by atoms with van der Waals surface area (Å²) in [5, 5.41) is 8.81. The van der Waals surface area contributed by atoms with Gasteiger partial charge in [0.1, 0.15) is 0 Å². The molecule has 3 nitrogen and oxygen atoms in total. The lowest BCUT2D eigenvalue weighted by molar-refractivity contribution is 0.171. The summed E-state index contributed by atoms with van der Waals surface area (Å²) >= 11 is 0. The third-order valence-corrected chi connectivity index (χ3v) is 2.18. The summed E-state index contributed by atoms with van der Waals surface area (Å²) < 4.78 is 0.